The van der Waals surface area contributed by atoms with Gasteiger partial charge in [0.15, 0.2) is 5.78 Å². The van der Waals surface area contributed by atoms with E-state index in [9.17, 15) is 4.79 Å². The van der Waals surface area contributed by atoms with Crippen LogP contribution >= 0.6 is 23.1 Å². The topological polar surface area (TPSA) is 26.3 Å². The van der Waals surface area contributed by atoms with Gasteiger partial charge >= 0.3 is 0 Å². The summed E-state index contributed by atoms with van der Waals surface area (Å²) < 4.78 is 6.41. The molecule has 0 bridgehead atoms. The molecule has 1 atom stereocenters. The minimum Gasteiger partial charge on any atom is -0.497 e. The monoisotopic (exact) mass is 264 g/mol. The molecule has 4 heteroatoms. The number of thioether (sulfide) groups is 1. The highest BCUT2D eigenvalue weighted by Crippen LogP contribution is 2.44. The van der Waals surface area contributed by atoms with Crippen molar-refractivity contribution in [1.82, 2.24) is 0 Å². The number of carbonyl (C=O) groups excluding carboxylic acids is 1. The van der Waals surface area contributed by atoms with Gasteiger partial charge in [-0.3, -0.25) is 4.79 Å². The van der Waals surface area contributed by atoms with Crippen molar-refractivity contribution < 1.29 is 9.53 Å². The maximum atomic E-state index is 12.1. The van der Waals surface area contributed by atoms with Gasteiger partial charge in [-0.2, -0.15) is 0 Å². The van der Waals surface area contributed by atoms with Gasteiger partial charge in [0.2, 0.25) is 0 Å². The van der Waals surface area contributed by atoms with Crippen LogP contribution in [0, 0.1) is 5.92 Å². The summed E-state index contributed by atoms with van der Waals surface area (Å²) in [7, 11) is 1.67. The fourth-order valence-corrected chi connectivity index (χ4v) is 4.62. The number of methoxy groups -OCH3 is 1. The average molecular weight is 264 g/mol. The van der Waals surface area contributed by atoms with E-state index in [2.05, 4.69) is 0 Å². The Hall–Kier alpha value is -1.00. The molecule has 88 valence electrons. The molecule has 0 aliphatic carbocycles. The van der Waals surface area contributed by atoms with E-state index < -0.39 is 0 Å². The third-order valence-corrected chi connectivity index (χ3v) is 5.69. The summed E-state index contributed by atoms with van der Waals surface area (Å²) >= 11 is 3.39. The van der Waals surface area contributed by atoms with E-state index in [-0.39, 0.29) is 5.92 Å². The number of ether oxygens (including phenoxy) is 1. The molecule has 0 spiro atoms. The van der Waals surface area contributed by atoms with Crippen molar-refractivity contribution in [2.75, 3.05) is 12.9 Å². The second kappa shape index (κ2) is 4.03. The Morgan fingerprint density at radius 2 is 2.24 bits per heavy atom. The van der Waals surface area contributed by atoms with Crippen molar-refractivity contribution >= 4 is 39.0 Å². The van der Waals surface area contributed by atoms with Crippen LogP contribution in [0.3, 0.4) is 0 Å². The van der Waals surface area contributed by atoms with E-state index in [4.69, 9.17) is 4.74 Å². The first-order valence-electron chi connectivity index (χ1n) is 5.48. The van der Waals surface area contributed by atoms with Crippen LogP contribution in [-0.2, 0) is 0 Å². The molecule has 1 aliphatic rings. The molecule has 2 heterocycles. The Morgan fingerprint density at radius 3 is 3.00 bits per heavy atom. The molecule has 1 aromatic heterocycles. The van der Waals surface area contributed by atoms with Gasteiger partial charge in [0.05, 0.1) is 12.0 Å². The Labute approximate surface area is 108 Å². The first kappa shape index (κ1) is 11.1. The average Bonchev–Trinajstić information content (AvgIpc) is 2.72. The highest BCUT2D eigenvalue weighted by atomic mass is 32.2. The molecule has 0 saturated carbocycles. The van der Waals surface area contributed by atoms with Gasteiger partial charge in [-0.1, -0.05) is 6.92 Å². The zero-order valence-corrected chi connectivity index (χ0v) is 11.3. The predicted molar refractivity (Wildman–Crippen MR) is 72.6 cm³/mol. The van der Waals surface area contributed by atoms with Crippen molar-refractivity contribution in [3.8, 4) is 5.75 Å². The molecule has 3 rings (SSSR count). The number of benzene rings is 1. The maximum Gasteiger partial charge on any atom is 0.177 e. The van der Waals surface area contributed by atoms with E-state index in [1.54, 1.807) is 30.2 Å². The number of fused-ring (bicyclic) bond motifs is 3. The number of hydrogen-bond donors (Lipinski definition) is 0. The van der Waals surface area contributed by atoms with E-state index >= 15 is 0 Å². The van der Waals surface area contributed by atoms with Gasteiger partial charge in [0.25, 0.3) is 0 Å². The van der Waals surface area contributed by atoms with E-state index in [1.807, 2.05) is 25.1 Å². The molecule has 0 fully saturated rings. The molecule has 1 aliphatic heterocycles. The number of thiophene rings is 1. The highest BCUT2D eigenvalue weighted by molar-refractivity contribution is 8.00. The second-order valence-electron chi connectivity index (χ2n) is 4.20. The van der Waals surface area contributed by atoms with E-state index in [0.29, 0.717) is 5.78 Å². The molecule has 0 amide bonds. The van der Waals surface area contributed by atoms with Crippen LogP contribution in [0.4, 0.5) is 0 Å². The van der Waals surface area contributed by atoms with Crippen molar-refractivity contribution in [1.29, 1.82) is 0 Å². The number of Topliss-reactive ketones (excluding diaryl/α,β-unsaturated/α-hetero) is 1. The van der Waals surface area contributed by atoms with Gasteiger partial charge in [-0.15, -0.1) is 23.1 Å². The molecule has 17 heavy (non-hydrogen) atoms. The largest absolute Gasteiger partial charge is 0.497 e. The quantitative estimate of drug-likeness (QED) is 0.783. The third-order valence-electron chi connectivity index (χ3n) is 3.00. The summed E-state index contributed by atoms with van der Waals surface area (Å²) in [6.07, 6.45) is 0. The Balaban J connectivity index is 2.25. The SMILES string of the molecule is COc1ccc2sc3c(c2c1)SCC(C)C3=O. The molecule has 1 aromatic carbocycles. The Bertz CT molecular complexity index is 601. The molecule has 2 nitrogen and oxygen atoms in total. The van der Waals surface area contributed by atoms with Crippen molar-refractivity contribution in [3.05, 3.63) is 23.1 Å². The van der Waals surface area contributed by atoms with Gasteiger partial charge in [0, 0.05) is 26.7 Å². The van der Waals surface area contributed by atoms with Gasteiger partial charge in [-0.05, 0) is 18.2 Å². The molecule has 0 saturated heterocycles. The van der Waals surface area contributed by atoms with E-state index in [1.165, 1.54) is 4.70 Å². The smallest absolute Gasteiger partial charge is 0.177 e. The molecular weight excluding hydrogens is 252 g/mol. The number of hydrogen-bond acceptors (Lipinski definition) is 4. The number of rotatable bonds is 1. The summed E-state index contributed by atoms with van der Waals surface area (Å²) in [5, 5.41) is 1.16. The molecule has 0 radical (unpaired) electrons. The van der Waals surface area contributed by atoms with Crippen molar-refractivity contribution in [3.63, 3.8) is 0 Å². The highest BCUT2D eigenvalue weighted by Gasteiger charge is 2.28. The minimum absolute atomic E-state index is 0.141. The lowest BCUT2D eigenvalue weighted by Crippen LogP contribution is -2.17. The molecule has 1 unspecified atom stereocenters. The fraction of sp³-hybridized carbons (Fsp3) is 0.308. The second-order valence-corrected chi connectivity index (χ2v) is 6.28. The van der Waals surface area contributed by atoms with Crippen LogP contribution < -0.4 is 4.74 Å². The van der Waals surface area contributed by atoms with Crippen LogP contribution in [0.2, 0.25) is 0 Å². The third kappa shape index (κ3) is 1.67. The zero-order valence-electron chi connectivity index (χ0n) is 9.65. The Morgan fingerprint density at radius 1 is 1.41 bits per heavy atom. The van der Waals surface area contributed by atoms with Gasteiger partial charge in [0.1, 0.15) is 5.75 Å². The maximum absolute atomic E-state index is 12.1. The summed E-state index contributed by atoms with van der Waals surface area (Å²) in [5.74, 6) is 2.17. The van der Waals surface area contributed by atoms with Crippen LogP contribution in [0.5, 0.6) is 5.75 Å². The van der Waals surface area contributed by atoms with Crippen LogP contribution in [0.25, 0.3) is 10.1 Å². The lowest BCUT2D eigenvalue weighted by molar-refractivity contribution is 0.0941. The molecular formula is C13H12O2S2. The summed E-state index contributed by atoms with van der Waals surface area (Å²) in [6, 6.07) is 6.01. The summed E-state index contributed by atoms with van der Waals surface area (Å²) in [6.45, 7) is 2.00. The first-order valence-corrected chi connectivity index (χ1v) is 7.28. The van der Waals surface area contributed by atoms with E-state index in [0.717, 1.165) is 26.7 Å². The number of carbonyl (C=O) groups is 1. The first-order chi connectivity index (χ1) is 8.20. The normalized spacial score (nSPS) is 19.4. The van der Waals surface area contributed by atoms with Gasteiger partial charge in [-0.25, -0.2) is 0 Å². The summed E-state index contributed by atoms with van der Waals surface area (Å²) in [5.41, 5.74) is 0. The molecule has 0 N–H and O–H groups in total. The van der Waals surface area contributed by atoms with Crippen LogP contribution in [0.15, 0.2) is 23.1 Å². The lowest BCUT2D eigenvalue weighted by atomic mass is 10.1. The fourth-order valence-electron chi connectivity index (χ4n) is 1.99. The number of ketones is 1. The standard InChI is InChI=1S/C13H12O2S2/c1-7-6-16-12-9-5-8(15-2)3-4-10(9)17-13(12)11(7)14/h3-5,7H,6H2,1-2H3. The Kier molecular flexibility index (Phi) is 2.64. The summed E-state index contributed by atoms with van der Waals surface area (Å²) in [4.78, 5) is 14.2. The van der Waals surface area contributed by atoms with Crippen molar-refractivity contribution in [2.45, 2.75) is 11.8 Å². The zero-order chi connectivity index (χ0) is 12.0. The molecule has 2 aromatic rings. The predicted octanol–water partition coefficient (Wildman–Crippen LogP) is 3.83. The minimum atomic E-state index is 0.141. The van der Waals surface area contributed by atoms with Crippen molar-refractivity contribution in [2.24, 2.45) is 5.92 Å². The lowest BCUT2D eigenvalue weighted by Gasteiger charge is -2.16. The van der Waals surface area contributed by atoms with Crippen LogP contribution in [0.1, 0.15) is 16.6 Å². The van der Waals surface area contributed by atoms with Crippen LogP contribution in [-0.4, -0.2) is 18.6 Å². The van der Waals surface area contributed by atoms with Gasteiger partial charge < -0.3 is 4.74 Å².